The van der Waals surface area contributed by atoms with E-state index in [0.717, 1.165) is 0 Å². The number of likely N-dealkylation sites (N-methyl/N-ethyl adjacent to an activating group) is 1. The molecule has 0 aromatic rings. The summed E-state index contributed by atoms with van der Waals surface area (Å²) in [5.41, 5.74) is 0. The second-order valence-electron chi connectivity index (χ2n) is 2.58. The van der Waals surface area contributed by atoms with E-state index in [1.54, 1.807) is 14.0 Å². The average molecular weight is 174 g/mol. The molecule has 0 saturated carbocycles. The molecule has 2 atom stereocenters. The number of carbonyl (C=O) groups excluding carboxylic acids is 1. The molecule has 1 amide bonds. The molecule has 0 unspecified atom stereocenters. The van der Waals surface area contributed by atoms with Gasteiger partial charge in [-0.15, -0.1) is 0 Å². The fourth-order valence-electron chi connectivity index (χ4n) is 0.531. The van der Waals surface area contributed by atoms with E-state index >= 15 is 0 Å². The lowest BCUT2D eigenvalue weighted by atomic mass is 10.3. The van der Waals surface area contributed by atoms with Crippen LogP contribution >= 0.6 is 0 Å². The van der Waals surface area contributed by atoms with Crippen molar-refractivity contribution in [1.29, 1.82) is 0 Å². The third-order valence-electron chi connectivity index (χ3n) is 1.56. The van der Waals surface area contributed by atoms with Gasteiger partial charge in [-0.3, -0.25) is 9.59 Å². The van der Waals surface area contributed by atoms with Crippen molar-refractivity contribution in [2.75, 3.05) is 7.05 Å². The van der Waals surface area contributed by atoms with Gasteiger partial charge in [0.1, 0.15) is 6.04 Å². The lowest BCUT2D eigenvalue weighted by molar-refractivity contribution is -0.141. The smallest absolute Gasteiger partial charge is 0.325 e. The third-order valence-corrected chi connectivity index (χ3v) is 1.56. The predicted molar refractivity (Wildman–Crippen MR) is 43.8 cm³/mol. The maximum Gasteiger partial charge on any atom is 0.325 e. The van der Waals surface area contributed by atoms with Gasteiger partial charge in [0.15, 0.2) is 0 Å². The Balaban J connectivity index is 3.92. The predicted octanol–water partition coefficient (Wildman–Crippen LogP) is -0.816. The van der Waals surface area contributed by atoms with Crippen LogP contribution in [-0.4, -0.2) is 36.1 Å². The van der Waals surface area contributed by atoms with Crippen molar-refractivity contribution in [3.63, 3.8) is 0 Å². The van der Waals surface area contributed by atoms with E-state index in [-0.39, 0.29) is 11.9 Å². The standard InChI is InChI=1S/C7H14N2O3/c1-4(8-3)6(10)9-5(2)7(11)12/h4-5,8H,1-3H3,(H,9,10)(H,11,12)/t4-,5-/m0/s1. The molecule has 70 valence electrons. The fraction of sp³-hybridized carbons (Fsp3) is 0.714. The number of aliphatic carboxylic acids is 1. The number of rotatable bonds is 4. The van der Waals surface area contributed by atoms with Crippen LogP contribution in [0.15, 0.2) is 0 Å². The highest BCUT2D eigenvalue weighted by atomic mass is 16.4. The van der Waals surface area contributed by atoms with Gasteiger partial charge >= 0.3 is 5.97 Å². The highest BCUT2D eigenvalue weighted by molar-refractivity contribution is 5.86. The van der Waals surface area contributed by atoms with Crippen LogP contribution in [0.25, 0.3) is 0 Å². The van der Waals surface area contributed by atoms with E-state index < -0.39 is 12.0 Å². The van der Waals surface area contributed by atoms with Crippen molar-refractivity contribution in [1.82, 2.24) is 10.6 Å². The normalized spacial score (nSPS) is 14.9. The summed E-state index contributed by atoms with van der Waals surface area (Å²) < 4.78 is 0. The van der Waals surface area contributed by atoms with Gasteiger partial charge < -0.3 is 15.7 Å². The van der Waals surface area contributed by atoms with Crippen LogP contribution in [0.1, 0.15) is 13.8 Å². The molecule has 0 aromatic carbocycles. The van der Waals surface area contributed by atoms with Crippen molar-refractivity contribution >= 4 is 11.9 Å². The number of carboxylic acids is 1. The van der Waals surface area contributed by atoms with E-state index in [1.165, 1.54) is 6.92 Å². The summed E-state index contributed by atoms with van der Waals surface area (Å²) in [4.78, 5) is 21.4. The molecule has 3 N–H and O–H groups in total. The zero-order valence-corrected chi connectivity index (χ0v) is 7.42. The van der Waals surface area contributed by atoms with Crippen LogP contribution in [0.5, 0.6) is 0 Å². The molecule has 0 fully saturated rings. The van der Waals surface area contributed by atoms with Crippen molar-refractivity contribution < 1.29 is 14.7 Å². The first-order chi connectivity index (χ1) is 5.49. The molecule has 0 aliphatic carbocycles. The molecule has 0 bridgehead atoms. The summed E-state index contributed by atoms with van der Waals surface area (Å²) in [5, 5.41) is 13.5. The van der Waals surface area contributed by atoms with E-state index in [2.05, 4.69) is 10.6 Å². The van der Waals surface area contributed by atoms with Crippen molar-refractivity contribution in [2.45, 2.75) is 25.9 Å². The summed E-state index contributed by atoms with van der Waals surface area (Å²) in [6.45, 7) is 3.08. The molecule has 0 aromatic heterocycles. The van der Waals surface area contributed by atoms with E-state index in [0.29, 0.717) is 0 Å². The van der Waals surface area contributed by atoms with Crippen LogP contribution in [-0.2, 0) is 9.59 Å². The van der Waals surface area contributed by atoms with Gasteiger partial charge in [0.05, 0.1) is 6.04 Å². The van der Waals surface area contributed by atoms with Gasteiger partial charge in [0.25, 0.3) is 0 Å². The minimum Gasteiger partial charge on any atom is -0.480 e. The molecule has 5 heteroatoms. The van der Waals surface area contributed by atoms with Crippen molar-refractivity contribution in [3.8, 4) is 0 Å². The number of hydrogen-bond acceptors (Lipinski definition) is 3. The molecule has 0 saturated heterocycles. The Bertz CT molecular complexity index is 181. The Morgan fingerprint density at radius 1 is 1.25 bits per heavy atom. The highest BCUT2D eigenvalue weighted by Crippen LogP contribution is 1.85. The molecule has 0 spiro atoms. The molecule has 0 aliphatic heterocycles. The molecular weight excluding hydrogens is 160 g/mol. The van der Waals surface area contributed by atoms with Crippen molar-refractivity contribution in [2.24, 2.45) is 0 Å². The van der Waals surface area contributed by atoms with Gasteiger partial charge in [-0.1, -0.05) is 0 Å². The quantitative estimate of drug-likeness (QED) is 0.520. The molecule has 0 heterocycles. The SMILES string of the molecule is CN[C@@H](C)C(=O)N[C@@H](C)C(=O)O. The number of carboxylic acid groups (broad SMARTS) is 1. The largest absolute Gasteiger partial charge is 0.480 e. The summed E-state index contributed by atoms with van der Waals surface area (Å²) in [6.07, 6.45) is 0. The van der Waals surface area contributed by atoms with Gasteiger partial charge in [0, 0.05) is 0 Å². The van der Waals surface area contributed by atoms with Crippen LogP contribution < -0.4 is 10.6 Å². The van der Waals surface area contributed by atoms with Gasteiger partial charge in [0.2, 0.25) is 5.91 Å². The van der Waals surface area contributed by atoms with E-state index in [4.69, 9.17) is 5.11 Å². The monoisotopic (exact) mass is 174 g/mol. The Morgan fingerprint density at radius 3 is 2.08 bits per heavy atom. The molecular formula is C7H14N2O3. The minimum atomic E-state index is -1.04. The zero-order valence-electron chi connectivity index (χ0n) is 7.42. The number of carbonyl (C=O) groups is 2. The number of hydrogen-bond donors (Lipinski definition) is 3. The summed E-state index contributed by atoms with van der Waals surface area (Å²) in [5.74, 6) is -1.35. The van der Waals surface area contributed by atoms with Gasteiger partial charge in [-0.2, -0.15) is 0 Å². The molecule has 5 nitrogen and oxygen atoms in total. The van der Waals surface area contributed by atoms with Crippen LogP contribution in [0.4, 0.5) is 0 Å². The first-order valence-corrected chi connectivity index (χ1v) is 3.69. The Kier molecular flexibility index (Phi) is 4.28. The first kappa shape index (κ1) is 10.9. The number of nitrogens with one attached hydrogen (secondary N) is 2. The Hall–Kier alpha value is -1.10. The van der Waals surface area contributed by atoms with Gasteiger partial charge in [-0.05, 0) is 20.9 Å². The first-order valence-electron chi connectivity index (χ1n) is 3.69. The molecule has 0 aliphatic rings. The van der Waals surface area contributed by atoms with E-state index in [9.17, 15) is 9.59 Å². The lowest BCUT2D eigenvalue weighted by Crippen LogP contribution is -2.46. The maximum absolute atomic E-state index is 11.1. The third kappa shape index (κ3) is 3.34. The van der Waals surface area contributed by atoms with Crippen LogP contribution in [0.2, 0.25) is 0 Å². The minimum absolute atomic E-state index is 0.313. The summed E-state index contributed by atoms with van der Waals surface area (Å²) in [6, 6.07) is -1.21. The lowest BCUT2D eigenvalue weighted by Gasteiger charge is -2.13. The second-order valence-corrected chi connectivity index (χ2v) is 2.58. The highest BCUT2D eigenvalue weighted by Gasteiger charge is 2.16. The van der Waals surface area contributed by atoms with Crippen LogP contribution in [0.3, 0.4) is 0 Å². The Labute approximate surface area is 71.1 Å². The maximum atomic E-state index is 11.1. The van der Waals surface area contributed by atoms with E-state index in [1.807, 2.05) is 0 Å². The zero-order chi connectivity index (χ0) is 9.72. The summed E-state index contributed by atoms with van der Waals surface area (Å²) in [7, 11) is 1.63. The fourth-order valence-corrected chi connectivity index (χ4v) is 0.531. The van der Waals surface area contributed by atoms with Gasteiger partial charge in [-0.25, -0.2) is 0 Å². The second kappa shape index (κ2) is 4.71. The molecule has 12 heavy (non-hydrogen) atoms. The molecule has 0 radical (unpaired) electrons. The molecule has 0 rings (SSSR count). The number of amides is 1. The summed E-state index contributed by atoms with van der Waals surface area (Å²) >= 11 is 0. The topological polar surface area (TPSA) is 78.4 Å². The Morgan fingerprint density at radius 2 is 1.75 bits per heavy atom. The van der Waals surface area contributed by atoms with Crippen molar-refractivity contribution in [3.05, 3.63) is 0 Å². The van der Waals surface area contributed by atoms with Crippen LogP contribution in [0, 0.1) is 0 Å². The average Bonchev–Trinajstić information content (AvgIpc) is 2.02.